The Morgan fingerprint density at radius 1 is 1.19 bits per heavy atom. The average Bonchev–Trinajstić information content (AvgIpc) is 3.17. The first-order chi connectivity index (χ1) is 10.2. The van der Waals surface area contributed by atoms with Gasteiger partial charge >= 0.3 is 0 Å². The molecule has 0 amide bonds. The average molecular weight is 297 g/mol. The van der Waals surface area contributed by atoms with Gasteiger partial charge in [-0.2, -0.15) is 5.10 Å². The van der Waals surface area contributed by atoms with Crippen LogP contribution in [-0.2, 0) is 6.54 Å². The van der Waals surface area contributed by atoms with E-state index >= 15 is 0 Å². The Morgan fingerprint density at radius 2 is 2.05 bits per heavy atom. The van der Waals surface area contributed by atoms with E-state index < -0.39 is 0 Å². The largest absolute Gasteiger partial charge is 0.380 e. The van der Waals surface area contributed by atoms with Gasteiger partial charge in [0.25, 0.3) is 0 Å². The van der Waals surface area contributed by atoms with Crippen molar-refractivity contribution in [1.82, 2.24) is 9.78 Å². The van der Waals surface area contributed by atoms with Gasteiger partial charge in [-0.25, -0.2) is 0 Å². The number of benzene rings is 1. The van der Waals surface area contributed by atoms with Gasteiger partial charge in [0, 0.05) is 40.5 Å². The van der Waals surface area contributed by atoms with E-state index in [2.05, 4.69) is 72.2 Å². The quantitative estimate of drug-likeness (QED) is 0.732. The summed E-state index contributed by atoms with van der Waals surface area (Å²) in [7, 11) is 0. The summed E-state index contributed by atoms with van der Waals surface area (Å²) in [6, 6.07) is 13.1. The molecule has 0 aliphatic rings. The minimum Gasteiger partial charge on any atom is -0.380 e. The van der Waals surface area contributed by atoms with E-state index in [4.69, 9.17) is 0 Å². The van der Waals surface area contributed by atoms with Crippen molar-refractivity contribution in [2.75, 3.05) is 5.32 Å². The summed E-state index contributed by atoms with van der Waals surface area (Å²) in [4.78, 5) is 1.29. The first-order valence-electron chi connectivity index (χ1n) is 7.14. The fourth-order valence-electron chi connectivity index (χ4n) is 2.23. The van der Waals surface area contributed by atoms with E-state index in [0.717, 1.165) is 12.2 Å². The molecule has 0 unspecified atom stereocenters. The zero-order chi connectivity index (χ0) is 14.7. The van der Waals surface area contributed by atoms with Crippen molar-refractivity contribution < 1.29 is 0 Å². The van der Waals surface area contributed by atoms with Gasteiger partial charge in [0.2, 0.25) is 0 Å². The van der Waals surface area contributed by atoms with Crippen molar-refractivity contribution >= 4 is 17.0 Å². The van der Waals surface area contributed by atoms with Gasteiger partial charge in [-0.1, -0.05) is 24.3 Å². The first-order valence-corrected chi connectivity index (χ1v) is 8.02. The minimum atomic E-state index is 0.400. The highest BCUT2D eigenvalue weighted by atomic mass is 32.1. The van der Waals surface area contributed by atoms with E-state index in [0.29, 0.717) is 6.04 Å². The molecule has 0 radical (unpaired) electrons. The van der Waals surface area contributed by atoms with Crippen molar-refractivity contribution in [1.29, 1.82) is 0 Å². The summed E-state index contributed by atoms with van der Waals surface area (Å²) in [5, 5.41) is 10.0. The number of para-hydroxylation sites is 1. The molecule has 1 N–H and O–H groups in total. The lowest BCUT2D eigenvalue weighted by molar-refractivity contribution is 0.532. The van der Waals surface area contributed by atoms with Crippen LogP contribution in [0.2, 0.25) is 0 Å². The molecule has 2 aromatic heterocycles. The summed E-state index contributed by atoms with van der Waals surface area (Å²) < 4.78 is 1.99. The predicted molar refractivity (Wildman–Crippen MR) is 89.7 cm³/mol. The highest BCUT2D eigenvalue weighted by Gasteiger charge is 2.06. The van der Waals surface area contributed by atoms with E-state index in [-0.39, 0.29) is 0 Å². The number of hydrogen-bond acceptors (Lipinski definition) is 3. The van der Waals surface area contributed by atoms with Crippen LogP contribution in [0.4, 0.5) is 5.69 Å². The van der Waals surface area contributed by atoms with Gasteiger partial charge < -0.3 is 5.32 Å². The normalized spacial score (nSPS) is 11.0. The first kappa shape index (κ1) is 13.9. The Morgan fingerprint density at radius 3 is 2.76 bits per heavy atom. The number of rotatable bonds is 5. The van der Waals surface area contributed by atoms with Crippen LogP contribution >= 0.6 is 11.3 Å². The molecule has 0 saturated carbocycles. The monoisotopic (exact) mass is 297 g/mol. The maximum atomic E-state index is 4.38. The SMILES string of the molecule is CC(C)n1cc(CNc2ccccc2-c2cccs2)cn1. The Labute approximate surface area is 129 Å². The molecule has 4 heteroatoms. The molecule has 0 aliphatic heterocycles. The number of aromatic nitrogens is 2. The Kier molecular flexibility index (Phi) is 4.06. The van der Waals surface area contributed by atoms with Crippen LogP contribution in [0.5, 0.6) is 0 Å². The van der Waals surface area contributed by atoms with Crippen LogP contribution in [0.3, 0.4) is 0 Å². The van der Waals surface area contributed by atoms with Crippen LogP contribution < -0.4 is 5.32 Å². The van der Waals surface area contributed by atoms with Gasteiger partial charge in [-0.15, -0.1) is 11.3 Å². The van der Waals surface area contributed by atoms with Crippen molar-refractivity contribution in [2.24, 2.45) is 0 Å². The van der Waals surface area contributed by atoms with E-state index in [1.807, 2.05) is 10.9 Å². The molecule has 21 heavy (non-hydrogen) atoms. The van der Waals surface area contributed by atoms with Crippen LogP contribution in [0, 0.1) is 0 Å². The van der Waals surface area contributed by atoms with E-state index in [1.54, 1.807) is 11.3 Å². The molecule has 0 bridgehead atoms. The Hall–Kier alpha value is -2.07. The summed E-state index contributed by atoms with van der Waals surface area (Å²) in [5.74, 6) is 0. The van der Waals surface area contributed by atoms with Crippen LogP contribution in [0.15, 0.2) is 54.2 Å². The Bertz CT molecular complexity index is 698. The smallest absolute Gasteiger partial charge is 0.0539 e. The van der Waals surface area contributed by atoms with Crippen LogP contribution in [-0.4, -0.2) is 9.78 Å². The molecule has 3 rings (SSSR count). The van der Waals surface area contributed by atoms with Gasteiger partial charge in [-0.3, -0.25) is 4.68 Å². The zero-order valence-corrected chi connectivity index (χ0v) is 13.1. The highest BCUT2D eigenvalue weighted by Crippen LogP contribution is 2.31. The lowest BCUT2D eigenvalue weighted by atomic mass is 10.1. The maximum absolute atomic E-state index is 4.38. The van der Waals surface area contributed by atoms with Crippen molar-refractivity contribution in [3.8, 4) is 10.4 Å². The number of hydrogen-bond donors (Lipinski definition) is 1. The minimum absolute atomic E-state index is 0.400. The van der Waals surface area contributed by atoms with E-state index in [1.165, 1.54) is 16.0 Å². The zero-order valence-electron chi connectivity index (χ0n) is 12.3. The molecule has 0 saturated heterocycles. The molecule has 1 aromatic carbocycles. The second-order valence-electron chi connectivity index (χ2n) is 5.30. The standard InChI is InChI=1S/C17H19N3S/c1-13(2)20-12-14(11-19-20)10-18-16-7-4-3-6-15(16)17-8-5-9-21-17/h3-9,11-13,18H,10H2,1-2H3. The fourth-order valence-corrected chi connectivity index (χ4v) is 3.00. The second-order valence-corrected chi connectivity index (χ2v) is 6.25. The fraction of sp³-hybridized carbons (Fsp3) is 0.235. The molecule has 0 spiro atoms. The molecule has 0 aliphatic carbocycles. The molecule has 108 valence electrons. The third kappa shape index (κ3) is 3.16. The number of anilines is 1. The van der Waals surface area contributed by atoms with Crippen molar-refractivity contribution in [3.63, 3.8) is 0 Å². The van der Waals surface area contributed by atoms with Gasteiger partial charge in [0.1, 0.15) is 0 Å². The molecule has 0 fully saturated rings. The topological polar surface area (TPSA) is 29.9 Å². The number of thiophene rings is 1. The van der Waals surface area contributed by atoms with E-state index in [9.17, 15) is 0 Å². The third-order valence-electron chi connectivity index (χ3n) is 3.38. The maximum Gasteiger partial charge on any atom is 0.0539 e. The van der Waals surface area contributed by atoms with Gasteiger partial charge in [0.05, 0.1) is 6.20 Å². The van der Waals surface area contributed by atoms with Gasteiger partial charge in [-0.05, 0) is 31.4 Å². The van der Waals surface area contributed by atoms with Crippen LogP contribution in [0.25, 0.3) is 10.4 Å². The van der Waals surface area contributed by atoms with Crippen LogP contribution in [0.1, 0.15) is 25.5 Å². The highest BCUT2D eigenvalue weighted by molar-refractivity contribution is 7.13. The lowest BCUT2D eigenvalue weighted by Gasteiger charge is -2.10. The van der Waals surface area contributed by atoms with Crippen molar-refractivity contribution in [2.45, 2.75) is 26.4 Å². The summed E-state index contributed by atoms with van der Waals surface area (Å²) in [6.45, 7) is 5.06. The Balaban J connectivity index is 1.76. The summed E-state index contributed by atoms with van der Waals surface area (Å²) in [5.41, 5.74) is 3.62. The molecular formula is C17H19N3S. The predicted octanol–water partition coefficient (Wildman–Crippen LogP) is 4.80. The molecule has 3 nitrogen and oxygen atoms in total. The second kappa shape index (κ2) is 6.14. The summed E-state index contributed by atoms with van der Waals surface area (Å²) in [6.07, 6.45) is 4.03. The van der Waals surface area contributed by atoms with Crippen molar-refractivity contribution in [3.05, 3.63) is 59.7 Å². The third-order valence-corrected chi connectivity index (χ3v) is 4.28. The lowest BCUT2D eigenvalue weighted by Crippen LogP contribution is -2.01. The molecule has 2 heterocycles. The van der Waals surface area contributed by atoms with Gasteiger partial charge in [0.15, 0.2) is 0 Å². The number of nitrogens with zero attached hydrogens (tertiary/aromatic N) is 2. The summed E-state index contributed by atoms with van der Waals surface area (Å²) >= 11 is 1.76. The molecular weight excluding hydrogens is 278 g/mol. The molecule has 3 aromatic rings. The molecule has 0 atom stereocenters. The number of nitrogens with one attached hydrogen (secondary N) is 1.